The summed E-state index contributed by atoms with van der Waals surface area (Å²) < 4.78 is 1.78. The third kappa shape index (κ3) is 7.30. The van der Waals surface area contributed by atoms with Crippen LogP contribution >= 0.6 is 11.8 Å². The lowest BCUT2D eigenvalue weighted by atomic mass is 10.0. The molecule has 196 valence electrons. The SMILES string of the molecule is CSCC[C@@H]1NC(=O)CCCN(C(=O)CN)CCn2nc(-c3ccccc3)nc2[C@@H](C(C)C)NC1=O. The van der Waals surface area contributed by atoms with Gasteiger partial charge >= 0.3 is 0 Å². The first kappa shape index (κ1) is 27.7. The molecule has 2 aromatic rings. The fourth-order valence-corrected chi connectivity index (χ4v) is 4.62. The van der Waals surface area contributed by atoms with Gasteiger partial charge in [0.25, 0.3) is 0 Å². The Morgan fingerprint density at radius 2 is 1.92 bits per heavy atom. The maximum Gasteiger partial charge on any atom is 0.243 e. The lowest BCUT2D eigenvalue weighted by Gasteiger charge is -2.27. The first-order valence-electron chi connectivity index (χ1n) is 12.4. The largest absolute Gasteiger partial charge is 0.344 e. The van der Waals surface area contributed by atoms with E-state index in [1.807, 2.05) is 50.4 Å². The molecule has 2 heterocycles. The molecule has 3 rings (SSSR count). The molecule has 1 aliphatic rings. The molecule has 0 aliphatic carbocycles. The number of hydrogen-bond donors (Lipinski definition) is 3. The van der Waals surface area contributed by atoms with Gasteiger partial charge in [-0.25, -0.2) is 9.67 Å². The Labute approximate surface area is 216 Å². The van der Waals surface area contributed by atoms with Crippen LogP contribution in [0.4, 0.5) is 0 Å². The highest BCUT2D eigenvalue weighted by Gasteiger charge is 2.30. The molecule has 0 bridgehead atoms. The lowest BCUT2D eigenvalue weighted by molar-refractivity contribution is -0.131. The van der Waals surface area contributed by atoms with E-state index in [4.69, 9.17) is 15.8 Å². The second-order valence-corrected chi connectivity index (χ2v) is 10.2. The van der Waals surface area contributed by atoms with Gasteiger partial charge in [-0.1, -0.05) is 44.2 Å². The Kier molecular flexibility index (Phi) is 10.3. The minimum absolute atomic E-state index is 0.00658. The molecule has 3 amide bonds. The van der Waals surface area contributed by atoms with Crippen molar-refractivity contribution in [2.75, 3.05) is 31.6 Å². The molecule has 0 spiro atoms. The molecule has 11 heteroatoms. The van der Waals surface area contributed by atoms with Crippen molar-refractivity contribution in [1.82, 2.24) is 30.3 Å². The van der Waals surface area contributed by atoms with Crippen LogP contribution < -0.4 is 16.4 Å². The van der Waals surface area contributed by atoms with E-state index < -0.39 is 12.1 Å². The van der Waals surface area contributed by atoms with Crippen LogP contribution in [0.5, 0.6) is 0 Å². The number of thioether (sulfide) groups is 1. The Balaban J connectivity index is 2.02. The zero-order valence-corrected chi connectivity index (χ0v) is 22.1. The number of nitrogens with two attached hydrogens (primary N) is 1. The standard InChI is InChI=1S/C25H37N7O3S/c1-17(2)22-24-29-23(18-8-5-4-6-9-18)30-32(24)14-13-31(21(34)16-26)12-7-10-20(33)27-19(11-15-36-3)25(35)28-22/h4-6,8-9,17,19,22H,7,10-16,26H2,1-3H3,(H,27,33)(H,28,35)/t19-,22+/m0/s1. The van der Waals surface area contributed by atoms with Gasteiger partial charge in [0.1, 0.15) is 6.04 Å². The van der Waals surface area contributed by atoms with Crippen LogP contribution in [0.25, 0.3) is 11.4 Å². The molecular weight excluding hydrogens is 478 g/mol. The highest BCUT2D eigenvalue weighted by atomic mass is 32.2. The number of rotatable bonds is 6. The molecule has 4 N–H and O–H groups in total. The van der Waals surface area contributed by atoms with Gasteiger partial charge < -0.3 is 21.3 Å². The number of benzene rings is 1. The van der Waals surface area contributed by atoms with E-state index in [1.54, 1.807) is 21.3 Å². The van der Waals surface area contributed by atoms with Gasteiger partial charge in [-0.05, 0) is 30.8 Å². The van der Waals surface area contributed by atoms with Gasteiger partial charge in [0, 0.05) is 25.1 Å². The van der Waals surface area contributed by atoms with Crippen LogP contribution in [-0.2, 0) is 20.9 Å². The zero-order valence-electron chi connectivity index (χ0n) is 21.3. The number of amides is 3. The molecule has 0 fully saturated rings. The summed E-state index contributed by atoms with van der Waals surface area (Å²) in [6.45, 7) is 5.07. The maximum absolute atomic E-state index is 13.4. The number of fused-ring (bicyclic) bond motifs is 1. The van der Waals surface area contributed by atoms with Gasteiger partial charge in [-0.3, -0.25) is 14.4 Å². The summed E-state index contributed by atoms with van der Waals surface area (Å²) in [7, 11) is 0. The second-order valence-electron chi connectivity index (χ2n) is 9.20. The van der Waals surface area contributed by atoms with Crippen LogP contribution in [0.2, 0.25) is 0 Å². The number of aromatic nitrogens is 3. The Morgan fingerprint density at radius 1 is 1.17 bits per heavy atom. The van der Waals surface area contributed by atoms with Crippen LogP contribution in [-0.4, -0.2) is 75.1 Å². The summed E-state index contributed by atoms with van der Waals surface area (Å²) >= 11 is 1.62. The number of carbonyl (C=O) groups excluding carboxylic acids is 3. The summed E-state index contributed by atoms with van der Waals surface area (Å²) in [6.07, 6.45) is 3.18. The van der Waals surface area contributed by atoms with Crippen molar-refractivity contribution in [2.24, 2.45) is 11.7 Å². The van der Waals surface area contributed by atoms with E-state index in [1.165, 1.54) is 0 Å². The summed E-state index contributed by atoms with van der Waals surface area (Å²) in [5.74, 6) is 1.29. The second kappa shape index (κ2) is 13.4. The van der Waals surface area contributed by atoms with Crippen LogP contribution in [0, 0.1) is 5.92 Å². The van der Waals surface area contributed by atoms with Crippen LogP contribution in [0.3, 0.4) is 0 Å². The average molecular weight is 516 g/mol. The predicted molar refractivity (Wildman–Crippen MR) is 141 cm³/mol. The van der Waals surface area contributed by atoms with Gasteiger partial charge in [0.2, 0.25) is 17.7 Å². The summed E-state index contributed by atoms with van der Waals surface area (Å²) in [5.41, 5.74) is 6.52. The van der Waals surface area contributed by atoms with Crippen molar-refractivity contribution in [2.45, 2.75) is 51.7 Å². The molecule has 1 aromatic carbocycles. The van der Waals surface area contributed by atoms with Crippen molar-refractivity contribution in [3.8, 4) is 11.4 Å². The predicted octanol–water partition coefficient (Wildman–Crippen LogP) is 1.58. The molecule has 1 aromatic heterocycles. The zero-order chi connectivity index (χ0) is 26.1. The van der Waals surface area contributed by atoms with Crippen molar-refractivity contribution in [1.29, 1.82) is 0 Å². The Bertz CT molecular complexity index is 1030. The highest BCUT2D eigenvalue weighted by molar-refractivity contribution is 7.98. The van der Waals surface area contributed by atoms with Gasteiger partial charge in [0.05, 0.1) is 19.1 Å². The number of nitrogens with zero attached hydrogens (tertiary/aromatic N) is 4. The average Bonchev–Trinajstić information content (AvgIpc) is 3.30. The number of carbonyl (C=O) groups is 3. The minimum atomic E-state index is -0.652. The number of hydrogen-bond acceptors (Lipinski definition) is 7. The van der Waals surface area contributed by atoms with Gasteiger partial charge in [-0.15, -0.1) is 0 Å². The molecule has 10 nitrogen and oxygen atoms in total. The minimum Gasteiger partial charge on any atom is -0.344 e. The quantitative estimate of drug-likeness (QED) is 0.531. The third-order valence-electron chi connectivity index (χ3n) is 6.18. The van der Waals surface area contributed by atoms with Crippen molar-refractivity contribution in [3.05, 3.63) is 36.2 Å². The van der Waals surface area contributed by atoms with Gasteiger partial charge in [0.15, 0.2) is 11.6 Å². The molecule has 36 heavy (non-hydrogen) atoms. The van der Waals surface area contributed by atoms with Crippen molar-refractivity contribution < 1.29 is 14.4 Å². The van der Waals surface area contributed by atoms with Crippen LogP contribution in [0.15, 0.2) is 30.3 Å². The number of nitrogens with one attached hydrogen (secondary N) is 2. The molecular formula is C25H37N7O3S. The van der Waals surface area contributed by atoms with Crippen molar-refractivity contribution >= 4 is 29.5 Å². The lowest BCUT2D eigenvalue weighted by Crippen LogP contribution is -2.49. The fraction of sp³-hybridized carbons (Fsp3) is 0.560. The maximum atomic E-state index is 13.4. The Morgan fingerprint density at radius 3 is 2.58 bits per heavy atom. The van der Waals surface area contributed by atoms with Crippen LogP contribution in [0.1, 0.15) is 45.0 Å². The van der Waals surface area contributed by atoms with E-state index in [9.17, 15) is 14.4 Å². The molecule has 0 saturated heterocycles. The van der Waals surface area contributed by atoms with E-state index >= 15 is 0 Å². The monoisotopic (exact) mass is 515 g/mol. The molecule has 0 radical (unpaired) electrons. The topological polar surface area (TPSA) is 135 Å². The van der Waals surface area contributed by atoms with E-state index in [0.717, 1.165) is 11.3 Å². The van der Waals surface area contributed by atoms with E-state index in [-0.39, 0.29) is 36.6 Å². The molecule has 2 atom stereocenters. The Hall–Kier alpha value is -2.92. The summed E-state index contributed by atoms with van der Waals surface area (Å²) in [4.78, 5) is 45.0. The molecule has 0 saturated carbocycles. The molecule has 0 unspecified atom stereocenters. The smallest absolute Gasteiger partial charge is 0.243 e. The highest BCUT2D eigenvalue weighted by Crippen LogP contribution is 2.24. The summed E-state index contributed by atoms with van der Waals surface area (Å²) in [5, 5.41) is 10.8. The third-order valence-corrected chi connectivity index (χ3v) is 6.82. The summed E-state index contributed by atoms with van der Waals surface area (Å²) in [6, 6.07) is 8.57. The fourth-order valence-electron chi connectivity index (χ4n) is 4.15. The van der Waals surface area contributed by atoms with Gasteiger partial charge in [-0.2, -0.15) is 16.9 Å². The first-order valence-corrected chi connectivity index (χ1v) is 13.8. The van der Waals surface area contributed by atoms with E-state index in [2.05, 4.69) is 10.6 Å². The van der Waals surface area contributed by atoms with E-state index in [0.29, 0.717) is 44.1 Å². The molecule has 1 aliphatic heterocycles. The first-order chi connectivity index (χ1) is 17.3. The van der Waals surface area contributed by atoms with Crippen molar-refractivity contribution in [3.63, 3.8) is 0 Å². The normalized spacial score (nSPS) is 19.9.